The maximum atomic E-state index is 13.0. The van der Waals surface area contributed by atoms with Crippen molar-refractivity contribution in [3.63, 3.8) is 0 Å². The number of quaternary nitrogens is 1. The third kappa shape index (κ3) is 14.3. The van der Waals surface area contributed by atoms with Crippen molar-refractivity contribution in [1.82, 2.24) is 0 Å². The lowest BCUT2D eigenvalue weighted by atomic mass is 10.0. The van der Waals surface area contributed by atoms with Crippen LogP contribution in [-0.4, -0.2) is 43.8 Å². The monoisotopic (exact) mass is 552 g/mol. The van der Waals surface area contributed by atoms with E-state index >= 15 is 0 Å². The molecule has 1 unspecified atom stereocenters. The molecule has 0 N–H and O–H groups in total. The van der Waals surface area contributed by atoms with E-state index < -0.39 is 0 Å². The third-order valence-corrected chi connectivity index (χ3v) is 7.95. The number of carbonyl (C=O) groups is 1. The molecule has 4 heteroatoms. The van der Waals surface area contributed by atoms with Gasteiger partial charge in [0.25, 0.3) is 0 Å². The van der Waals surface area contributed by atoms with E-state index in [1.807, 2.05) is 30.3 Å². The van der Waals surface area contributed by atoms with Crippen molar-refractivity contribution < 1.29 is 18.8 Å². The van der Waals surface area contributed by atoms with Gasteiger partial charge >= 0.3 is 5.97 Å². The van der Waals surface area contributed by atoms with Crippen LogP contribution in [0.3, 0.4) is 0 Å². The summed E-state index contributed by atoms with van der Waals surface area (Å²) < 4.78 is 12.1. The van der Waals surface area contributed by atoms with Gasteiger partial charge in [-0.05, 0) is 37.0 Å². The molecule has 0 spiro atoms. The summed E-state index contributed by atoms with van der Waals surface area (Å²) in [5.74, 6) is 0.698. The highest BCUT2D eigenvalue weighted by molar-refractivity contribution is 5.74. The molecule has 4 nitrogen and oxygen atoms in total. The number of hydrogen-bond acceptors (Lipinski definition) is 3. The second kappa shape index (κ2) is 20.5. The maximum absolute atomic E-state index is 13.0. The van der Waals surface area contributed by atoms with Gasteiger partial charge in [0.2, 0.25) is 0 Å². The zero-order valence-corrected chi connectivity index (χ0v) is 26.2. The van der Waals surface area contributed by atoms with Gasteiger partial charge < -0.3 is 14.0 Å². The van der Waals surface area contributed by atoms with Gasteiger partial charge in [-0.3, -0.25) is 0 Å². The van der Waals surface area contributed by atoms with Crippen LogP contribution in [0.2, 0.25) is 0 Å². The minimum absolute atomic E-state index is 0.135. The van der Waals surface area contributed by atoms with Gasteiger partial charge in [-0.25, -0.2) is 4.79 Å². The lowest BCUT2D eigenvalue weighted by Gasteiger charge is -2.36. The molecule has 40 heavy (non-hydrogen) atoms. The highest BCUT2D eigenvalue weighted by Crippen LogP contribution is 2.20. The molecule has 0 aromatic heterocycles. The minimum Gasteiger partial charge on any atom is -0.490 e. The average Bonchev–Trinajstić information content (AvgIpc) is 2.95. The zero-order chi connectivity index (χ0) is 28.9. The Bertz CT molecular complexity index is 894. The van der Waals surface area contributed by atoms with E-state index in [1.165, 1.54) is 88.2 Å². The summed E-state index contributed by atoms with van der Waals surface area (Å²) in [4.78, 5) is 13.0. The van der Waals surface area contributed by atoms with E-state index in [1.54, 1.807) is 0 Å². The normalized spacial score (nSPS) is 12.3. The van der Waals surface area contributed by atoms with Crippen molar-refractivity contribution in [1.29, 1.82) is 0 Å². The number of hydrogen-bond donors (Lipinski definition) is 0. The highest BCUT2D eigenvalue weighted by Gasteiger charge is 2.35. The molecule has 0 radical (unpaired) electrons. The van der Waals surface area contributed by atoms with Crippen molar-refractivity contribution in [3.8, 4) is 5.75 Å². The van der Waals surface area contributed by atoms with Crippen LogP contribution in [0.15, 0.2) is 54.6 Å². The van der Waals surface area contributed by atoms with E-state index in [4.69, 9.17) is 9.47 Å². The Hall–Kier alpha value is -2.33. The molecule has 0 saturated heterocycles. The number of ether oxygens (including phenoxy) is 2. The van der Waals surface area contributed by atoms with Crippen molar-refractivity contribution in [2.75, 3.05) is 27.3 Å². The van der Waals surface area contributed by atoms with E-state index in [9.17, 15) is 4.79 Å². The van der Waals surface area contributed by atoms with Crippen molar-refractivity contribution in [2.24, 2.45) is 0 Å². The molecular weight excluding hydrogens is 494 g/mol. The largest absolute Gasteiger partial charge is 0.490 e. The van der Waals surface area contributed by atoms with Gasteiger partial charge in [-0.15, -0.1) is 0 Å². The quantitative estimate of drug-likeness (QED) is 0.0783. The molecule has 0 bridgehead atoms. The van der Waals surface area contributed by atoms with Crippen LogP contribution in [0.25, 0.3) is 0 Å². The van der Waals surface area contributed by atoms with Gasteiger partial charge in [0.05, 0.1) is 14.1 Å². The molecule has 0 saturated carbocycles. The van der Waals surface area contributed by atoms with Gasteiger partial charge in [0, 0.05) is 12.0 Å². The number of esters is 1. The smallest absolute Gasteiger partial charge is 0.365 e. The Labute approximate surface area is 246 Å². The number of aryl methyl sites for hydroxylation is 1. The topological polar surface area (TPSA) is 35.5 Å². The molecule has 224 valence electrons. The van der Waals surface area contributed by atoms with Gasteiger partial charge in [-0.2, -0.15) is 0 Å². The first-order valence-corrected chi connectivity index (χ1v) is 16.2. The summed E-state index contributed by atoms with van der Waals surface area (Å²) in [6, 6.07) is 18.6. The lowest BCUT2D eigenvalue weighted by molar-refractivity contribution is -0.920. The fraction of sp³-hybridized carbons (Fsp3) is 0.639. The first-order valence-electron chi connectivity index (χ1n) is 16.2. The first-order chi connectivity index (χ1) is 19.5. The fourth-order valence-electron chi connectivity index (χ4n) is 5.51. The van der Waals surface area contributed by atoms with Crippen LogP contribution >= 0.6 is 0 Å². The average molecular weight is 553 g/mol. The lowest BCUT2D eigenvalue weighted by Crippen LogP contribution is -2.53. The third-order valence-electron chi connectivity index (χ3n) is 7.95. The molecule has 0 heterocycles. The number of nitrogens with zero attached hydrogens (tertiary/aromatic N) is 1. The van der Waals surface area contributed by atoms with Crippen LogP contribution in [0, 0.1) is 0 Å². The van der Waals surface area contributed by atoms with Crippen LogP contribution in [-0.2, 0) is 22.5 Å². The standard InChI is InChI=1S/C36H58NO3/c1-5-7-8-9-10-11-12-13-14-15-16-18-22-32-25-27-34(28-26-32)39-29-30-40-36(38)35(21-6-2)37(3,4)31-33-23-19-17-20-24-33/h17,19-20,23-28,35H,5-16,18,21-22,29-31H2,1-4H3/q+1. The van der Waals surface area contributed by atoms with Gasteiger partial charge in [-0.1, -0.05) is 127 Å². The molecule has 0 amide bonds. The number of carbonyl (C=O) groups excluding carboxylic acids is 1. The van der Waals surface area contributed by atoms with Crippen LogP contribution in [0.1, 0.15) is 115 Å². The number of likely N-dealkylation sites (N-methyl/N-ethyl adjacent to an activating group) is 1. The Morgan fingerprint density at radius 3 is 1.82 bits per heavy atom. The molecule has 2 aromatic carbocycles. The Morgan fingerprint density at radius 2 is 1.25 bits per heavy atom. The summed E-state index contributed by atoms with van der Waals surface area (Å²) >= 11 is 0. The van der Waals surface area contributed by atoms with E-state index in [0.29, 0.717) is 11.1 Å². The zero-order valence-electron chi connectivity index (χ0n) is 26.2. The highest BCUT2D eigenvalue weighted by atomic mass is 16.6. The van der Waals surface area contributed by atoms with Crippen molar-refractivity contribution in [2.45, 2.75) is 123 Å². The van der Waals surface area contributed by atoms with E-state index in [2.05, 4.69) is 52.2 Å². The minimum atomic E-state index is -0.190. The number of benzene rings is 2. The molecule has 2 rings (SSSR count). The first kappa shape index (κ1) is 33.9. The summed E-state index contributed by atoms with van der Waals surface area (Å²) in [6.45, 7) is 5.83. The van der Waals surface area contributed by atoms with Crippen LogP contribution in [0.5, 0.6) is 5.75 Å². The molecule has 1 atom stereocenters. The van der Waals surface area contributed by atoms with E-state index in [0.717, 1.165) is 31.6 Å². The number of rotatable bonds is 23. The van der Waals surface area contributed by atoms with Gasteiger partial charge in [0.15, 0.2) is 6.04 Å². The van der Waals surface area contributed by atoms with E-state index in [-0.39, 0.29) is 18.6 Å². The molecule has 0 fully saturated rings. The van der Waals surface area contributed by atoms with Crippen molar-refractivity contribution >= 4 is 5.97 Å². The second-order valence-corrected chi connectivity index (χ2v) is 12.0. The second-order valence-electron chi connectivity index (χ2n) is 12.0. The predicted octanol–water partition coefficient (Wildman–Crippen LogP) is 9.30. The summed E-state index contributed by atoms with van der Waals surface area (Å²) in [6.07, 6.45) is 19.5. The molecule has 0 aliphatic carbocycles. The van der Waals surface area contributed by atoms with Gasteiger partial charge in [0.1, 0.15) is 25.5 Å². The van der Waals surface area contributed by atoms with Crippen molar-refractivity contribution in [3.05, 3.63) is 65.7 Å². The fourth-order valence-corrected chi connectivity index (χ4v) is 5.51. The Balaban J connectivity index is 1.58. The maximum Gasteiger partial charge on any atom is 0.365 e. The Morgan fingerprint density at radius 1 is 0.675 bits per heavy atom. The molecular formula is C36H58NO3+. The SMILES string of the molecule is CCCCCCCCCCCCCCc1ccc(OCCOC(=O)C(CCC)[N+](C)(C)Cc2ccccc2)cc1. The summed E-state index contributed by atoms with van der Waals surface area (Å²) in [5.41, 5.74) is 2.60. The Kier molecular flexibility index (Phi) is 17.4. The molecule has 0 aliphatic rings. The molecule has 2 aromatic rings. The summed E-state index contributed by atoms with van der Waals surface area (Å²) in [7, 11) is 4.23. The summed E-state index contributed by atoms with van der Waals surface area (Å²) in [5, 5.41) is 0. The number of unbranched alkanes of at least 4 members (excludes halogenated alkanes) is 11. The molecule has 0 aliphatic heterocycles. The van der Waals surface area contributed by atoms with Crippen LogP contribution < -0.4 is 4.74 Å². The van der Waals surface area contributed by atoms with Crippen LogP contribution in [0.4, 0.5) is 0 Å². The predicted molar refractivity (Wildman–Crippen MR) is 169 cm³/mol.